The number of amides is 2. The van der Waals surface area contributed by atoms with Crippen LogP contribution in [0.2, 0.25) is 0 Å². The summed E-state index contributed by atoms with van der Waals surface area (Å²) in [6.45, 7) is 5.35. The van der Waals surface area contributed by atoms with Gasteiger partial charge in [0.15, 0.2) is 11.5 Å². The van der Waals surface area contributed by atoms with Crippen LogP contribution in [0, 0.1) is 0 Å². The van der Waals surface area contributed by atoms with Gasteiger partial charge in [0.25, 0.3) is 0 Å². The highest BCUT2D eigenvalue weighted by molar-refractivity contribution is 5.95. The molecule has 1 heterocycles. The van der Waals surface area contributed by atoms with Crippen LogP contribution in [0.15, 0.2) is 59.8 Å². The van der Waals surface area contributed by atoms with Gasteiger partial charge in [-0.3, -0.25) is 0 Å². The van der Waals surface area contributed by atoms with Crippen LogP contribution in [0.4, 0.5) is 4.79 Å². The Kier molecular flexibility index (Phi) is 7.14. The Morgan fingerprint density at radius 3 is 2.38 bits per heavy atom. The normalized spacial score (nSPS) is 15.7. The van der Waals surface area contributed by atoms with Crippen LogP contribution < -0.4 is 20.1 Å². The van der Waals surface area contributed by atoms with Crippen molar-refractivity contribution in [3.8, 4) is 11.5 Å². The lowest BCUT2D eigenvalue weighted by Crippen LogP contribution is -2.46. The predicted octanol–water partition coefficient (Wildman–Crippen LogP) is 3.88. The van der Waals surface area contributed by atoms with Crippen molar-refractivity contribution >= 4 is 18.0 Å². The SMILES string of the molecule is CCC1=C(C(=O)OC(C)C)C(c2ccc(OC(=O)c3ccccc3)c(OC)c2)NC(=O)N1. The summed E-state index contributed by atoms with van der Waals surface area (Å²) in [6, 6.07) is 12.3. The molecule has 2 amide bonds. The zero-order valence-corrected chi connectivity index (χ0v) is 18.4. The van der Waals surface area contributed by atoms with Crippen LogP contribution in [0.5, 0.6) is 11.5 Å². The van der Waals surface area contributed by atoms with Crippen molar-refractivity contribution in [2.45, 2.75) is 39.3 Å². The van der Waals surface area contributed by atoms with Gasteiger partial charge in [-0.05, 0) is 50.1 Å². The molecule has 1 atom stereocenters. The molecule has 0 aromatic heterocycles. The average Bonchev–Trinajstić information content (AvgIpc) is 2.78. The first kappa shape index (κ1) is 22.9. The van der Waals surface area contributed by atoms with Gasteiger partial charge < -0.3 is 24.8 Å². The molecular weight excluding hydrogens is 412 g/mol. The quantitative estimate of drug-likeness (QED) is 0.502. The Morgan fingerprint density at radius 2 is 1.75 bits per heavy atom. The van der Waals surface area contributed by atoms with E-state index in [0.717, 1.165) is 0 Å². The van der Waals surface area contributed by atoms with E-state index in [9.17, 15) is 14.4 Å². The molecular formula is C24H26N2O6. The number of carbonyl (C=O) groups is 3. The molecule has 8 nitrogen and oxygen atoms in total. The first-order chi connectivity index (χ1) is 15.3. The number of methoxy groups -OCH3 is 1. The lowest BCUT2D eigenvalue weighted by atomic mass is 9.94. The summed E-state index contributed by atoms with van der Waals surface area (Å²) in [4.78, 5) is 37.5. The highest BCUT2D eigenvalue weighted by Gasteiger charge is 2.34. The maximum atomic E-state index is 12.8. The first-order valence-corrected chi connectivity index (χ1v) is 10.3. The van der Waals surface area contributed by atoms with Crippen molar-refractivity contribution in [2.24, 2.45) is 0 Å². The number of rotatable bonds is 7. The van der Waals surface area contributed by atoms with Crippen LogP contribution in [-0.4, -0.2) is 31.2 Å². The van der Waals surface area contributed by atoms with Gasteiger partial charge in [0.1, 0.15) is 0 Å². The zero-order valence-electron chi connectivity index (χ0n) is 18.4. The van der Waals surface area contributed by atoms with Crippen LogP contribution in [-0.2, 0) is 9.53 Å². The molecule has 2 aromatic carbocycles. The lowest BCUT2D eigenvalue weighted by molar-refractivity contribution is -0.143. The van der Waals surface area contributed by atoms with Gasteiger partial charge >= 0.3 is 18.0 Å². The summed E-state index contributed by atoms with van der Waals surface area (Å²) in [7, 11) is 1.45. The Bertz CT molecular complexity index is 1050. The number of ether oxygens (including phenoxy) is 3. The standard InChI is InChI=1S/C24H26N2O6/c1-5-17-20(23(28)31-14(2)3)21(26-24(29)25-17)16-11-12-18(19(13-16)30-4)32-22(27)15-9-7-6-8-10-15/h6-14,21H,5H2,1-4H3,(H2,25,26,29). The minimum atomic E-state index is -0.752. The first-order valence-electron chi connectivity index (χ1n) is 10.3. The molecule has 2 N–H and O–H groups in total. The van der Waals surface area contributed by atoms with Gasteiger partial charge in [0.05, 0.1) is 30.4 Å². The Morgan fingerprint density at radius 1 is 1.03 bits per heavy atom. The molecule has 8 heteroatoms. The van der Waals surface area contributed by atoms with Crippen LogP contribution in [0.1, 0.15) is 49.2 Å². The fraction of sp³-hybridized carbons (Fsp3) is 0.292. The maximum Gasteiger partial charge on any atom is 0.343 e. The van der Waals surface area contributed by atoms with Gasteiger partial charge in [-0.15, -0.1) is 0 Å². The van der Waals surface area contributed by atoms with Crippen molar-refractivity contribution < 1.29 is 28.6 Å². The fourth-order valence-electron chi connectivity index (χ4n) is 3.35. The van der Waals surface area contributed by atoms with E-state index in [0.29, 0.717) is 28.8 Å². The van der Waals surface area contributed by atoms with E-state index in [-0.39, 0.29) is 17.6 Å². The Labute approximate surface area is 186 Å². The van der Waals surface area contributed by atoms with E-state index in [4.69, 9.17) is 14.2 Å². The summed E-state index contributed by atoms with van der Waals surface area (Å²) >= 11 is 0. The number of hydrogen-bond acceptors (Lipinski definition) is 6. The third kappa shape index (κ3) is 5.08. The molecule has 0 saturated carbocycles. The van der Waals surface area contributed by atoms with E-state index >= 15 is 0 Å². The molecule has 3 rings (SSSR count). The van der Waals surface area contributed by atoms with Crippen molar-refractivity contribution in [1.29, 1.82) is 0 Å². The molecule has 32 heavy (non-hydrogen) atoms. The number of benzene rings is 2. The molecule has 168 valence electrons. The van der Waals surface area contributed by atoms with E-state index in [1.807, 2.05) is 6.92 Å². The molecule has 2 aromatic rings. The second-order valence-corrected chi connectivity index (χ2v) is 7.40. The molecule has 1 aliphatic heterocycles. The Hall–Kier alpha value is -3.81. The molecule has 0 spiro atoms. The molecule has 1 aliphatic rings. The number of allylic oxidation sites excluding steroid dienone is 1. The van der Waals surface area contributed by atoms with E-state index < -0.39 is 24.0 Å². The minimum Gasteiger partial charge on any atom is -0.493 e. The number of hydrogen-bond donors (Lipinski definition) is 2. The summed E-state index contributed by atoms with van der Waals surface area (Å²) in [5.41, 5.74) is 1.79. The van der Waals surface area contributed by atoms with E-state index in [2.05, 4.69) is 10.6 Å². The smallest absolute Gasteiger partial charge is 0.343 e. The molecule has 0 radical (unpaired) electrons. The topological polar surface area (TPSA) is 103 Å². The molecule has 1 unspecified atom stereocenters. The van der Waals surface area contributed by atoms with Gasteiger partial charge in [-0.1, -0.05) is 31.2 Å². The number of urea groups is 1. The van der Waals surface area contributed by atoms with Crippen molar-refractivity contribution in [2.75, 3.05) is 7.11 Å². The number of esters is 2. The predicted molar refractivity (Wildman–Crippen MR) is 117 cm³/mol. The van der Waals surface area contributed by atoms with E-state index in [1.54, 1.807) is 62.4 Å². The Balaban J connectivity index is 1.95. The summed E-state index contributed by atoms with van der Waals surface area (Å²) in [6.07, 6.45) is 0.122. The number of nitrogens with one attached hydrogen (secondary N) is 2. The van der Waals surface area contributed by atoms with Gasteiger partial charge in [0.2, 0.25) is 0 Å². The van der Waals surface area contributed by atoms with Crippen LogP contribution in [0.25, 0.3) is 0 Å². The fourth-order valence-corrected chi connectivity index (χ4v) is 3.35. The van der Waals surface area contributed by atoms with Gasteiger partial charge in [-0.25, -0.2) is 14.4 Å². The molecule has 0 fully saturated rings. The zero-order chi connectivity index (χ0) is 23.3. The monoisotopic (exact) mass is 438 g/mol. The van der Waals surface area contributed by atoms with E-state index in [1.165, 1.54) is 7.11 Å². The van der Waals surface area contributed by atoms with Crippen LogP contribution in [0.3, 0.4) is 0 Å². The summed E-state index contributed by atoms with van der Waals surface area (Å²) in [5.74, 6) is -0.542. The third-order valence-electron chi connectivity index (χ3n) is 4.80. The minimum absolute atomic E-state index is 0.219. The maximum absolute atomic E-state index is 12.8. The lowest BCUT2D eigenvalue weighted by Gasteiger charge is -2.29. The second kappa shape index (κ2) is 10.00. The highest BCUT2D eigenvalue weighted by atomic mass is 16.6. The second-order valence-electron chi connectivity index (χ2n) is 7.40. The van der Waals surface area contributed by atoms with Crippen molar-refractivity contribution in [1.82, 2.24) is 10.6 Å². The number of carbonyl (C=O) groups excluding carboxylic acids is 3. The van der Waals surface area contributed by atoms with Gasteiger partial charge in [0, 0.05) is 5.70 Å². The molecule has 0 bridgehead atoms. The third-order valence-corrected chi connectivity index (χ3v) is 4.80. The largest absolute Gasteiger partial charge is 0.493 e. The van der Waals surface area contributed by atoms with Crippen LogP contribution >= 0.6 is 0 Å². The average molecular weight is 438 g/mol. The molecule has 0 aliphatic carbocycles. The van der Waals surface area contributed by atoms with Crippen molar-refractivity contribution in [3.05, 3.63) is 70.9 Å². The summed E-state index contributed by atoms with van der Waals surface area (Å²) < 4.78 is 16.3. The van der Waals surface area contributed by atoms with Crippen molar-refractivity contribution in [3.63, 3.8) is 0 Å². The van der Waals surface area contributed by atoms with Gasteiger partial charge in [-0.2, -0.15) is 0 Å². The molecule has 0 saturated heterocycles. The summed E-state index contributed by atoms with van der Waals surface area (Å²) in [5, 5.41) is 5.45. The highest BCUT2D eigenvalue weighted by Crippen LogP contribution is 2.35.